The van der Waals surface area contributed by atoms with Crippen molar-refractivity contribution >= 4 is 22.4 Å². The summed E-state index contributed by atoms with van der Waals surface area (Å²) < 4.78 is 4.06. The molecule has 0 spiro atoms. The summed E-state index contributed by atoms with van der Waals surface area (Å²) in [7, 11) is 0. The molecule has 1 aromatic rings. The first kappa shape index (κ1) is 9.73. The molecule has 5 heteroatoms. The van der Waals surface area contributed by atoms with Crippen LogP contribution in [0.1, 0.15) is 13.3 Å². The number of hydrogen-bond acceptors (Lipinski definition) is 5. The van der Waals surface area contributed by atoms with Crippen LogP contribution in [0.5, 0.6) is 0 Å². The van der Waals surface area contributed by atoms with E-state index in [1.807, 2.05) is 6.07 Å². The highest BCUT2D eigenvalue weighted by Crippen LogP contribution is 2.32. The molecule has 14 heavy (non-hydrogen) atoms. The van der Waals surface area contributed by atoms with Crippen molar-refractivity contribution < 1.29 is 5.11 Å². The lowest BCUT2D eigenvalue weighted by atomic mass is 10.0. The summed E-state index contributed by atoms with van der Waals surface area (Å²) in [4.78, 5) is 2.27. The molecule has 2 rings (SSSR count). The van der Waals surface area contributed by atoms with E-state index in [0.717, 1.165) is 18.0 Å². The maximum absolute atomic E-state index is 9.14. The van der Waals surface area contributed by atoms with Crippen molar-refractivity contribution in [3.8, 4) is 0 Å². The van der Waals surface area contributed by atoms with Crippen LogP contribution in [0.25, 0.3) is 0 Å². The van der Waals surface area contributed by atoms with E-state index in [2.05, 4.69) is 16.2 Å². The van der Waals surface area contributed by atoms with E-state index in [4.69, 9.17) is 10.8 Å². The number of nitrogen functional groups attached to an aromatic ring is 1. The SMILES string of the molecule is CC1C(CO)CCN1c1cc(N)ns1. The lowest BCUT2D eigenvalue weighted by molar-refractivity contribution is 0.221. The number of hydrogen-bond donors (Lipinski definition) is 2. The molecule has 4 nitrogen and oxygen atoms in total. The van der Waals surface area contributed by atoms with Gasteiger partial charge in [-0.25, -0.2) is 0 Å². The molecule has 0 aromatic carbocycles. The Hall–Kier alpha value is -0.810. The normalized spacial score (nSPS) is 27.1. The minimum atomic E-state index is 0.270. The van der Waals surface area contributed by atoms with Crippen LogP contribution >= 0.6 is 11.5 Å². The number of rotatable bonds is 2. The number of aromatic nitrogens is 1. The van der Waals surface area contributed by atoms with Crippen LogP contribution in [-0.4, -0.2) is 28.7 Å². The van der Waals surface area contributed by atoms with Gasteiger partial charge in [0.15, 0.2) is 0 Å². The lowest BCUT2D eigenvalue weighted by Crippen LogP contribution is -2.30. The van der Waals surface area contributed by atoms with Gasteiger partial charge in [0.1, 0.15) is 10.8 Å². The third-order valence-electron chi connectivity index (χ3n) is 2.95. The highest BCUT2D eigenvalue weighted by molar-refractivity contribution is 7.10. The van der Waals surface area contributed by atoms with Crippen LogP contribution in [0, 0.1) is 5.92 Å². The van der Waals surface area contributed by atoms with Crippen LogP contribution in [0.15, 0.2) is 6.07 Å². The second kappa shape index (κ2) is 3.74. The number of aliphatic hydroxyl groups is 1. The highest BCUT2D eigenvalue weighted by Gasteiger charge is 2.31. The van der Waals surface area contributed by atoms with E-state index in [9.17, 15) is 0 Å². The summed E-state index contributed by atoms with van der Waals surface area (Å²) in [6, 6.07) is 2.29. The van der Waals surface area contributed by atoms with Crippen LogP contribution in [0.2, 0.25) is 0 Å². The molecule has 2 atom stereocenters. The molecule has 1 aliphatic rings. The van der Waals surface area contributed by atoms with Crippen molar-refractivity contribution in [2.75, 3.05) is 23.8 Å². The van der Waals surface area contributed by atoms with Crippen molar-refractivity contribution in [2.24, 2.45) is 5.92 Å². The molecule has 0 radical (unpaired) electrons. The fraction of sp³-hybridized carbons (Fsp3) is 0.667. The second-order valence-corrected chi connectivity index (χ2v) is 4.54. The van der Waals surface area contributed by atoms with E-state index in [-0.39, 0.29) is 6.61 Å². The first-order valence-electron chi connectivity index (χ1n) is 4.82. The number of anilines is 2. The number of nitrogens with two attached hydrogens (primary N) is 1. The molecule has 0 aliphatic carbocycles. The molecular weight excluding hydrogens is 198 g/mol. The second-order valence-electron chi connectivity index (χ2n) is 3.76. The summed E-state index contributed by atoms with van der Waals surface area (Å²) in [6.45, 7) is 3.41. The van der Waals surface area contributed by atoms with Gasteiger partial charge in [-0.1, -0.05) is 0 Å². The van der Waals surface area contributed by atoms with Crippen molar-refractivity contribution in [1.82, 2.24) is 4.37 Å². The first-order valence-corrected chi connectivity index (χ1v) is 5.59. The molecule has 0 bridgehead atoms. The van der Waals surface area contributed by atoms with Crippen molar-refractivity contribution in [3.05, 3.63) is 6.07 Å². The van der Waals surface area contributed by atoms with E-state index in [1.54, 1.807) is 0 Å². The summed E-state index contributed by atoms with van der Waals surface area (Å²) in [5.74, 6) is 0.975. The molecule has 2 heterocycles. The molecule has 2 unspecified atom stereocenters. The van der Waals surface area contributed by atoms with Gasteiger partial charge in [-0.05, 0) is 24.9 Å². The molecule has 1 saturated heterocycles. The Labute approximate surface area is 87.5 Å². The molecule has 0 saturated carbocycles. The molecule has 1 aromatic heterocycles. The monoisotopic (exact) mass is 213 g/mol. The fourth-order valence-corrected chi connectivity index (χ4v) is 2.76. The van der Waals surface area contributed by atoms with Gasteiger partial charge in [0, 0.05) is 31.2 Å². The van der Waals surface area contributed by atoms with Gasteiger partial charge in [0.2, 0.25) is 0 Å². The predicted molar refractivity (Wildman–Crippen MR) is 58.5 cm³/mol. The van der Waals surface area contributed by atoms with Gasteiger partial charge >= 0.3 is 0 Å². The van der Waals surface area contributed by atoms with E-state index < -0.39 is 0 Å². The molecule has 78 valence electrons. The summed E-state index contributed by atoms with van der Waals surface area (Å²) in [5, 5.41) is 10.3. The van der Waals surface area contributed by atoms with E-state index >= 15 is 0 Å². The summed E-state index contributed by atoms with van der Waals surface area (Å²) >= 11 is 1.43. The van der Waals surface area contributed by atoms with Gasteiger partial charge in [0.05, 0.1) is 0 Å². The zero-order valence-corrected chi connectivity index (χ0v) is 9.00. The number of aliphatic hydroxyl groups excluding tert-OH is 1. The molecular formula is C9H15N3OS. The zero-order valence-electron chi connectivity index (χ0n) is 8.18. The summed E-state index contributed by atoms with van der Waals surface area (Å²) in [5.41, 5.74) is 5.58. The Balaban J connectivity index is 2.13. The Kier molecular flexibility index (Phi) is 2.60. The summed E-state index contributed by atoms with van der Waals surface area (Å²) in [6.07, 6.45) is 1.05. The van der Waals surface area contributed by atoms with Gasteiger partial charge in [0.25, 0.3) is 0 Å². The van der Waals surface area contributed by atoms with E-state index in [1.165, 1.54) is 11.5 Å². The van der Waals surface area contributed by atoms with Gasteiger partial charge in [-0.15, -0.1) is 0 Å². The Bertz CT molecular complexity index is 315. The third-order valence-corrected chi connectivity index (χ3v) is 3.79. The first-order chi connectivity index (χ1) is 6.72. The maximum Gasteiger partial charge on any atom is 0.139 e. The quantitative estimate of drug-likeness (QED) is 0.767. The minimum absolute atomic E-state index is 0.270. The Morgan fingerprint density at radius 3 is 3.07 bits per heavy atom. The van der Waals surface area contributed by atoms with Crippen molar-refractivity contribution in [3.63, 3.8) is 0 Å². The lowest BCUT2D eigenvalue weighted by Gasteiger charge is -2.23. The molecule has 1 fully saturated rings. The highest BCUT2D eigenvalue weighted by atomic mass is 32.1. The minimum Gasteiger partial charge on any atom is -0.396 e. The molecule has 1 aliphatic heterocycles. The van der Waals surface area contributed by atoms with Crippen LogP contribution in [-0.2, 0) is 0 Å². The van der Waals surface area contributed by atoms with Crippen LogP contribution < -0.4 is 10.6 Å². The predicted octanol–water partition coefficient (Wildman–Crippen LogP) is 0.932. The smallest absolute Gasteiger partial charge is 0.139 e. The largest absolute Gasteiger partial charge is 0.396 e. The van der Waals surface area contributed by atoms with E-state index in [0.29, 0.717) is 17.8 Å². The number of nitrogens with zero attached hydrogens (tertiary/aromatic N) is 2. The topological polar surface area (TPSA) is 62.4 Å². The van der Waals surface area contributed by atoms with Crippen molar-refractivity contribution in [2.45, 2.75) is 19.4 Å². The Morgan fingerprint density at radius 2 is 2.57 bits per heavy atom. The van der Waals surface area contributed by atoms with Crippen LogP contribution in [0.3, 0.4) is 0 Å². The standard InChI is InChI=1S/C9H15N3OS/c1-6-7(5-13)2-3-12(6)9-4-8(10)11-14-9/h4,6-7,13H,2-3,5H2,1H3,(H2,10,11). The van der Waals surface area contributed by atoms with Crippen molar-refractivity contribution in [1.29, 1.82) is 0 Å². The Morgan fingerprint density at radius 1 is 1.79 bits per heavy atom. The molecule has 3 N–H and O–H groups in total. The maximum atomic E-state index is 9.14. The van der Waals surface area contributed by atoms with Gasteiger partial charge in [-0.3, -0.25) is 0 Å². The zero-order chi connectivity index (χ0) is 10.1. The van der Waals surface area contributed by atoms with Crippen LogP contribution in [0.4, 0.5) is 10.8 Å². The van der Waals surface area contributed by atoms with Gasteiger partial charge < -0.3 is 15.7 Å². The third kappa shape index (κ3) is 1.57. The average Bonchev–Trinajstić information content (AvgIpc) is 2.72. The average molecular weight is 213 g/mol. The fourth-order valence-electron chi connectivity index (χ4n) is 1.97. The molecule has 0 amide bonds. The van der Waals surface area contributed by atoms with Gasteiger partial charge in [-0.2, -0.15) is 4.37 Å².